The summed E-state index contributed by atoms with van der Waals surface area (Å²) in [6.07, 6.45) is 0. The molecule has 0 heterocycles. The van der Waals surface area contributed by atoms with Crippen molar-refractivity contribution in [1.82, 2.24) is 0 Å². The third kappa shape index (κ3) is 4.31. The molecule has 0 radical (unpaired) electrons. The van der Waals surface area contributed by atoms with Gasteiger partial charge in [0.05, 0.1) is 6.04 Å². The fourth-order valence-electron chi connectivity index (χ4n) is 1.67. The molecule has 1 rings (SSSR count). The van der Waals surface area contributed by atoms with Gasteiger partial charge in [0.15, 0.2) is 5.92 Å². The summed E-state index contributed by atoms with van der Waals surface area (Å²) in [5.41, 5.74) is 5.18. The zero-order valence-electron chi connectivity index (χ0n) is 11.6. The third-order valence-corrected chi connectivity index (χ3v) is 2.52. The molecule has 0 aliphatic rings. The summed E-state index contributed by atoms with van der Waals surface area (Å²) in [6.45, 7) is 4.87. The number of carboxylic acids is 1. The zero-order chi connectivity index (χ0) is 15.5. The number of rotatable bonds is 4. The molecule has 1 aromatic rings. The fourth-order valence-corrected chi connectivity index (χ4v) is 1.67. The first-order chi connectivity index (χ1) is 9.11. The summed E-state index contributed by atoms with van der Waals surface area (Å²) in [5.74, 6) is -4.49. The van der Waals surface area contributed by atoms with Crippen LogP contribution < -0.4 is 5.73 Å². The van der Waals surface area contributed by atoms with E-state index < -0.39 is 35.3 Å². The van der Waals surface area contributed by atoms with Crippen LogP contribution in [0.15, 0.2) is 24.3 Å². The second-order valence-electron chi connectivity index (χ2n) is 5.43. The quantitative estimate of drug-likeness (QED) is 0.650. The maximum Gasteiger partial charge on any atom is 0.322 e. The highest BCUT2D eigenvalue weighted by molar-refractivity contribution is 5.95. The minimum atomic E-state index is -1.59. The van der Waals surface area contributed by atoms with Crippen molar-refractivity contribution in [3.63, 3.8) is 0 Å². The topological polar surface area (TPSA) is 89.6 Å². The Bertz CT molecular complexity index is 510. The van der Waals surface area contributed by atoms with Crippen LogP contribution in [0.4, 0.5) is 4.39 Å². The van der Waals surface area contributed by atoms with Gasteiger partial charge in [0.2, 0.25) is 0 Å². The highest BCUT2D eigenvalue weighted by atomic mass is 19.1. The molecule has 20 heavy (non-hydrogen) atoms. The number of carboxylic acid groups (broad SMARTS) is 1. The Morgan fingerprint density at radius 2 is 1.95 bits per heavy atom. The van der Waals surface area contributed by atoms with E-state index in [0.717, 1.165) is 6.07 Å². The molecule has 0 saturated heterocycles. The van der Waals surface area contributed by atoms with E-state index in [2.05, 4.69) is 0 Å². The van der Waals surface area contributed by atoms with Gasteiger partial charge in [0.25, 0.3) is 0 Å². The molecule has 0 fully saturated rings. The van der Waals surface area contributed by atoms with Crippen molar-refractivity contribution < 1.29 is 23.8 Å². The lowest BCUT2D eigenvalue weighted by Gasteiger charge is -2.25. The van der Waals surface area contributed by atoms with Crippen molar-refractivity contribution in [3.8, 4) is 0 Å². The first-order valence-electron chi connectivity index (χ1n) is 6.08. The van der Waals surface area contributed by atoms with Gasteiger partial charge < -0.3 is 15.6 Å². The third-order valence-electron chi connectivity index (χ3n) is 2.52. The Morgan fingerprint density at radius 1 is 1.35 bits per heavy atom. The second-order valence-corrected chi connectivity index (χ2v) is 5.43. The highest BCUT2D eigenvalue weighted by Crippen LogP contribution is 2.24. The fraction of sp³-hybridized carbons (Fsp3) is 0.429. The van der Waals surface area contributed by atoms with Crippen LogP contribution in [0.2, 0.25) is 0 Å². The standard InChI is InChI=1S/C14H18FNO4/c1-14(2,3)20-13(19)10(12(17)18)11(16)8-5-4-6-9(15)7-8/h4-7,10-11H,16H2,1-3H3,(H,17,18). The lowest BCUT2D eigenvalue weighted by atomic mass is 9.93. The summed E-state index contributed by atoms with van der Waals surface area (Å²) >= 11 is 0. The highest BCUT2D eigenvalue weighted by Gasteiger charge is 2.37. The predicted octanol–water partition coefficient (Wildman–Crippen LogP) is 1.87. The summed E-state index contributed by atoms with van der Waals surface area (Å²) in [7, 11) is 0. The van der Waals surface area contributed by atoms with Crippen LogP contribution in [0, 0.1) is 11.7 Å². The molecule has 0 spiro atoms. The van der Waals surface area contributed by atoms with Gasteiger partial charge >= 0.3 is 11.9 Å². The van der Waals surface area contributed by atoms with Crippen molar-refractivity contribution in [2.75, 3.05) is 0 Å². The Kier molecular flexibility index (Phi) is 4.83. The first-order valence-corrected chi connectivity index (χ1v) is 6.08. The van der Waals surface area contributed by atoms with Gasteiger partial charge in [-0.25, -0.2) is 4.39 Å². The molecule has 3 N–H and O–H groups in total. The maximum atomic E-state index is 13.1. The molecule has 1 aromatic carbocycles. The molecule has 0 aliphatic heterocycles. The second kappa shape index (κ2) is 6.00. The van der Waals surface area contributed by atoms with Crippen molar-refractivity contribution in [2.24, 2.45) is 11.7 Å². The van der Waals surface area contributed by atoms with Gasteiger partial charge in [-0.05, 0) is 38.5 Å². The summed E-state index contributed by atoms with van der Waals surface area (Å²) in [4.78, 5) is 23.2. The largest absolute Gasteiger partial charge is 0.481 e. The van der Waals surface area contributed by atoms with E-state index in [0.29, 0.717) is 0 Å². The monoisotopic (exact) mass is 283 g/mol. The molecule has 6 heteroatoms. The molecule has 2 unspecified atom stereocenters. The number of benzene rings is 1. The number of ether oxygens (including phenoxy) is 1. The number of halogens is 1. The molecular formula is C14H18FNO4. The molecule has 0 saturated carbocycles. The molecule has 2 atom stereocenters. The van der Waals surface area contributed by atoms with Gasteiger partial charge in [0.1, 0.15) is 11.4 Å². The van der Waals surface area contributed by atoms with E-state index in [4.69, 9.17) is 15.6 Å². The normalized spacial score (nSPS) is 14.4. The minimum absolute atomic E-state index is 0.225. The van der Waals surface area contributed by atoms with Crippen molar-refractivity contribution in [2.45, 2.75) is 32.4 Å². The molecule has 0 bridgehead atoms. The Morgan fingerprint density at radius 3 is 2.40 bits per heavy atom. The molecular weight excluding hydrogens is 265 g/mol. The predicted molar refractivity (Wildman–Crippen MR) is 70.3 cm³/mol. The van der Waals surface area contributed by atoms with E-state index >= 15 is 0 Å². The van der Waals surface area contributed by atoms with Gasteiger partial charge in [0, 0.05) is 0 Å². The van der Waals surface area contributed by atoms with E-state index in [1.165, 1.54) is 18.2 Å². The first kappa shape index (κ1) is 16.1. The number of carbonyl (C=O) groups excluding carboxylic acids is 1. The van der Waals surface area contributed by atoms with Crippen LogP contribution in [0.5, 0.6) is 0 Å². The van der Waals surface area contributed by atoms with Crippen LogP contribution in [-0.2, 0) is 14.3 Å². The number of carbonyl (C=O) groups is 2. The van der Waals surface area contributed by atoms with E-state index in [1.807, 2.05) is 0 Å². The minimum Gasteiger partial charge on any atom is -0.481 e. The Labute approximate surface area is 116 Å². The number of hydrogen-bond donors (Lipinski definition) is 2. The van der Waals surface area contributed by atoms with Gasteiger partial charge in [-0.3, -0.25) is 9.59 Å². The van der Waals surface area contributed by atoms with Crippen molar-refractivity contribution in [1.29, 1.82) is 0 Å². The Hall–Kier alpha value is -1.95. The number of nitrogens with two attached hydrogens (primary N) is 1. The van der Waals surface area contributed by atoms with Crippen LogP contribution in [0.3, 0.4) is 0 Å². The van der Waals surface area contributed by atoms with E-state index in [-0.39, 0.29) is 5.56 Å². The smallest absolute Gasteiger partial charge is 0.322 e. The molecule has 110 valence electrons. The van der Waals surface area contributed by atoms with E-state index in [1.54, 1.807) is 20.8 Å². The van der Waals surface area contributed by atoms with Gasteiger partial charge in [-0.2, -0.15) is 0 Å². The van der Waals surface area contributed by atoms with Crippen LogP contribution in [0.25, 0.3) is 0 Å². The lowest BCUT2D eigenvalue weighted by molar-refractivity contribution is -0.167. The zero-order valence-corrected chi connectivity index (χ0v) is 11.6. The van der Waals surface area contributed by atoms with E-state index in [9.17, 15) is 14.0 Å². The van der Waals surface area contributed by atoms with Crippen molar-refractivity contribution in [3.05, 3.63) is 35.6 Å². The summed E-state index contributed by atoms with van der Waals surface area (Å²) in [6, 6.07) is 4.00. The maximum absolute atomic E-state index is 13.1. The number of aliphatic carboxylic acids is 1. The number of esters is 1. The van der Waals surface area contributed by atoms with Crippen LogP contribution in [0.1, 0.15) is 32.4 Å². The van der Waals surface area contributed by atoms with Crippen LogP contribution in [-0.4, -0.2) is 22.6 Å². The molecule has 0 amide bonds. The summed E-state index contributed by atoms with van der Waals surface area (Å²) < 4.78 is 18.2. The summed E-state index contributed by atoms with van der Waals surface area (Å²) in [5, 5.41) is 9.17. The SMILES string of the molecule is CC(C)(C)OC(=O)C(C(=O)O)C(N)c1cccc(F)c1. The van der Waals surface area contributed by atoms with Gasteiger partial charge in [-0.1, -0.05) is 12.1 Å². The average molecular weight is 283 g/mol. The van der Waals surface area contributed by atoms with Gasteiger partial charge in [-0.15, -0.1) is 0 Å². The molecule has 0 aliphatic carbocycles. The Balaban J connectivity index is 3.02. The van der Waals surface area contributed by atoms with Crippen LogP contribution >= 0.6 is 0 Å². The molecule has 0 aromatic heterocycles. The lowest BCUT2D eigenvalue weighted by Crippen LogP contribution is -2.39. The van der Waals surface area contributed by atoms with Crippen molar-refractivity contribution >= 4 is 11.9 Å². The molecule has 5 nitrogen and oxygen atoms in total. The number of hydrogen-bond acceptors (Lipinski definition) is 4. The average Bonchev–Trinajstić information content (AvgIpc) is 2.25.